The standard InChI is InChI=1S/C17H20ClN5O/c1-5-13(23-11(3)15(18)10(2)21-23)16(24)20-17-19-12-8-6-7-9-14(12)22(17)4/h6-9,13H,5H2,1-4H3,(H,19,20,24). The first kappa shape index (κ1) is 16.5. The molecule has 0 saturated heterocycles. The summed E-state index contributed by atoms with van der Waals surface area (Å²) in [6.07, 6.45) is 0.605. The van der Waals surface area contributed by atoms with E-state index in [-0.39, 0.29) is 5.91 Å². The van der Waals surface area contributed by atoms with Crippen molar-refractivity contribution >= 4 is 34.5 Å². The van der Waals surface area contributed by atoms with E-state index in [1.807, 2.05) is 56.7 Å². The third kappa shape index (κ3) is 2.67. The highest BCUT2D eigenvalue weighted by molar-refractivity contribution is 6.31. The molecule has 1 aromatic carbocycles. The number of hydrogen-bond donors (Lipinski definition) is 1. The van der Waals surface area contributed by atoms with Crippen molar-refractivity contribution in [2.24, 2.45) is 7.05 Å². The second kappa shape index (κ2) is 6.28. The number of aryl methyl sites for hydroxylation is 2. The lowest BCUT2D eigenvalue weighted by Gasteiger charge is -2.17. The average molecular weight is 346 g/mol. The van der Waals surface area contributed by atoms with Gasteiger partial charge in [0.05, 0.1) is 27.4 Å². The van der Waals surface area contributed by atoms with Crippen LogP contribution in [0.25, 0.3) is 11.0 Å². The van der Waals surface area contributed by atoms with Crippen LogP contribution in [-0.2, 0) is 11.8 Å². The van der Waals surface area contributed by atoms with E-state index in [9.17, 15) is 4.79 Å². The minimum absolute atomic E-state index is 0.154. The van der Waals surface area contributed by atoms with Crippen LogP contribution in [0, 0.1) is 13.8 Å². The van der Waals surface area contributed by atoms with Gasteiger partial charge in [0, 0.05) is 7.05 Å². The predicted octanol–water partition coefficient (Wildman–Crippen LogP) is 3.63. The Morgan fingerprint density at radius 3 is 2.62 bits per heavy atom. The van der Waals surface area contributed by atoms with Crippen LogP contribution in [-0.4, -0.2) is 25.2 Å². The number of amides is 1. The van der Waals surface area contributed by atoms with Crippen molar-refractivity contribution in [2.75, 3.05) is 5.32 Å². The first-order valence-corrected chi connectivity index (χ1v) is 8.25. The maximum atomic E-state index is 12.8. The maximum absolute atomic E-state index is 12.8. The number of carbonyl (C=O) groups is 1. The molecular weight excluding hydrogens is 326 g/mol. The van der Waals surface area contributed by atoms with Crippen LogP contribution < -0.4 is 5.32 Å². The molecule has 0 fully saturated rings. The van der Waals surface area contributed by atoms with Gasteiger partial charge in [-0.2, -0.15) is 5.10 Å². The predicted molar refractivity (Wildman–Crippen MR) is 95.4 cm³/mol. The number of hydrogen-bond acceptors (Lipinski definition) is 3. The molecule has 1 amide bonds. The van der Waals surface area contributed by atoms with Crippen LogP contribution in [0.3, 0.4) is 0 Å². The normalized spacial score (nSPS) is 12.5. The van der Waals surface area contributed by atoms with E-state index in [0.29, 0.717) is 17.4 Å². The van der Waals surface area contributed by atoms with Gasteiger partial charge in [-0.25, -0.2) is 4.98 Å². The Balaban J connectivity index is 1.91. The molecular formula is C17H20ClN5O. The van der Waals surface area contributed by atoms with Crippen molar-refractivity contribution in [3.63, 3.8) is 0 Å². The van der Waals surface area contributed by atoms with Crippen molar-refractivity contribution < 1.29 is 4.79 Å². The molecule has 1 atom stereocenters. The van der Waals surface area contributed by atoms with Crippen molar-refractivity contribution in [1.29, 1.82) is 0 Å². The molecule has 1 unspecified atom stereocenters. The number of aromatic nitrogens is 4. The highest BCUT2D eigenvalue weighted by Gasteiger charge is 2.24. The Morgan fingerprint density at radius 2 is 2.04 bits per heavy atom. The van der Waals surface area contributed by atoms with Gasteiger partial charge in [0.2, 0.25) is 5.95 Å². The fraction of sp³-hybridized carbons (Fsp3) is 0.353. The first-order valence-electron chi connectivity index (χ1n) is 7.87. The van der Waals surface area contributed by atoms with Crippen LogP contribution in [0.15, 0.2) is 24.3 Å². The SMILES string of the molecule is CCC(C(=O)Nc1nc2ccccc2n1C)n1nc(C)c(Cl)c1C. The van der Waals surface area contributed by atoms with Crippen LogP contribution in [0.1, 0.15) is 30.8 Å². The van der Waals surface area contributed by atoms with E-state index in [2.05, 4.69) is 15.4 Å². The van der Waals surface area contributed by atoms with Gasteiger partial charge in [0.1, 0.15) is 6.04 Å². The largest absolute Gasteiger partial charge is 0.313 e. The van der Waals surface area contributed by atoms with Gasteiger partial charge in [0.15, 0.2) is 0 Å². The number of para-hydroxylation sites is 2. The number of imidazole rings is 1. The number of carbonyl (C=O) groups excluding carboxylic acids is 1. The summed E-state index contributed by atoms with van der Waals surface area (Å²) in [6.45, 7) is 5.65. The van der Waals surface area contributed by atoms with Gasteiger partial charge < -0.3 is 4.57 Å². The van der Waals surface area contributed by atoms with Crippen molar-refractivity contribution in [1.82, 2.24) is 19.3 Å². The van der Waals surface area contributed by atoms with Crippen molar-refractivity contribution in [3.05, 3.63) is 40.7 Å². The second-order valence-electron chi connectivity index (χ2n) is 5.83. The van der Waals surface area contributed by atoms with E-state index >= 15 is 0 Å². The van der Waals surface area contributed by atoms with E-state index in [4.69, 9.17) is 11.6 Å². The monoisotopic (exact) mass is 345 g/mol. The molecule has 2 heterocycles. The summed E-state index contributed by atoms with van der Waals surface area (Å²) >= 11 is 6.21. The average Bonchev–Trinajstić information content (AvgIpc) is 3.01. The van der Waals surface area contributed by atoms with Crippen LogP contribution in [0.4, 0.5) is 5.95 Å². The van der Waals surface area contributed by atoms with Gasteiger partial charge >= 0.3 is 0 Å². The van der Waals surface area contributed by atoms with Crippen molar-refractivity contribution in [3.8, 4) is 0 Å². The minimum Gasteiger partial charge on any atom is -0.313 e. The van der Waals surface area contributed by atoms with Gasteiger partial charge in [-0.3, -0.25) is 14.8 Å². The smallest absolute Gasteiger partial charge is 0.251 e. The molecule has 6 nitrogen and oxygen atoms in total. The molecule has 0 aliphatic heterocycles. The maximum Gasteiger partial charge on any atom is 0.251 e. The Labute approximate surface area is 145 Å². The first-order chi connectivity index (χ1) is 11.4. The molecule has 3 rings (SSSR count). The van der Waals surface area contributed by atoms with Crippen LogP contribution in [0.2, 0.25) is 5.02 Å². The lowest BCUT2D eigenvalue weighted by atomic mass is 10.2. The van der Waals surface area contributed by atoms with Gasteiger partial charge in [0.25, 0.3) is 5.91 Å². The fourth-order valence-corrected chi connectivity index (χ4v) is 2.99. The zero-order valence-electron chi connectivity index (χ0n) is 14.2. The Morgan fingerprint density at radius 1 is 1.33 bits per heavy atom. The minimum atomic E-state index is -0.434. The zero-order chi connectivity index (χ0) is 17.4. The third-order valence-electron chi connectivity index (χ3n) is 4.24. The molecule has 2 aromatic heterocycles. The summed E-state index contributed by atoms with van der Waals surface area (Å²) in [7, 11) is 1.88. The third-order valence-corrected chi connectivity index (χ3v) is 4.79. The number of rotatable bonds is 4. The number of halogens is 1. The summed E-state index contributed by atoms with van der Waals surface area (Å²) in [5, 5.41) is 7.92. The van der Waals surface area contributed by atoms with E-state index in [0.717, 1.165) is 22.4 Å². The molecule has 0 bridgehead atoms. The van der Waals surface area contributed by atoms with Crippen LogP contribution in [0.5, 0.6) is 0 Å². The highest BCUT2D eigenvalue weighted by Crippen LogP contribution is 2.25. The molecule has 24 heavy (non-hydrogen) atoms. The van der Waals surface area contributed by atoms with Gasteiger partial charge in [-0.1, -0.05) is 30.7 Å². The quantitative estimate of drug-likeness (QED) is 0.785. The molecule has 7 heteroatoms. The summed E-state index contributed by atoms with van der Waals surface area (Å²) in [5.41, 5.74) is 3.33. The topological polar surface area (TPSA) is 64.7 Å². The van der Waals surface area contributed by atoms with E-state index in [1.165, 1.54) is 0 Å². The lowest BCUT2D eigenvalue weighted by Crippen LogP contribution is -2.28. The number of benzene rings is 1. The highest BCUT2D eigenvalue weighted by atomic mass is 35.5. The second-order valence-corrected chi connectivity index (χ2v) is 6.20. The molecule has 0 radical (unpaired) electrons. The Hall–Kier alpha value is -2.34. The summed E-state index contributed by atoms with van der Waals surface area (Å²) in [4.78, 5) is 17.3. The van der Waals surface area contributed by atoms with E-state index in [1.54, 1.807) is 4.68 Å². The fourth-order valence-electron chi connectivity index (χ4n) is 2.87. The molecule has 0 aliphatic rings. The molecule has 0 spiro atoms. The summed E-state index contributed by atoms with van der Waals surface area (Å²) in [6, 6.07) is 7.32. The summed E-state index contributed by atoms with van der Waals surface area (Å²) < 4.78 is 3.56. The summed E-state index contributed by atoms with van der Waals surface area (Å²) in [5.74, 6) is 0.366. The Kier molecular flexibility index (Phi) is 4.32. The number of anilines is 1. The van der Waals surface area contributed by atoms with E-state index < -0.39 is 6.04 Å². The Bertz CT molecular complexity index is 911. The molecule has 3 aromatic rings. The molecule has 0 saturated carbocycles. The lowest BCUT2D eigenvalue weighted by molar-refractivity contribution is -0.119. The van der Waals surface area contributed by atoms with Crippen molar-refractivity contribution in [2.45, 2.75) is 33.2 Å². The van der Waals surface area contributed by atoms with Gasteiger partial charge in [-0.15, -0.1) is 0 Å². The number of fused-ring (bicyclic) bond motifs is 1. The molecule has 126 valence electrons. The van der Waals surface area contributed by atoms with Gasteiger partial charge in [-0.05, 0) is 32.4 Å². The molecule has 1 N–H and O–H groups in total. The van der Waals surface area contributed by atoms with Crippen LogP contribution >= 0.6 is 11.6 Å². The number of nitrogens with one attached hydrogen (secondary N) is 1. The zero-order valence-corrected chi connectivity index (χ0v) is 14.9. The number of nitrogens with zero attached hydrogens (tertiary/aromatic N) is 4. The molecule has 0 aliphatic carbocycles.